The number of nitrogens with zero attached hydrogens (tertiary/aromatic N) is 2. The molecule has 1 aromatic heterocycles. The van der Waals surface area contributed by atoms with Crippen LogP contribution < -0.4 is 14.8 Å². The fourth-order valence-corrected chi connectivity index (χ4v) is 3.40. The Kier molecular flexibility index (Phi) is 5.21. The molecule has 2 aromatic rings. The molecule has 0 aliphatic carbocycles. The van der Waals surface area contributed by atoms with Crippen LogP contribution in [0.2, 0.25) is 0 Å². The van der Waals surface area contributed by atoms with E-state index in [9.17, 15) is 9.59 Å². The molecular formula is C20H23N3O5. The molecule has 1 saturated heterocycles. The Morgan fingerprint density at radius 3 is 2.50 bits per heavy atom. The van der Waals surface area contributed by atoms with Crippen LogP contribution in [0.25, 0.3) is 0 Å². The topological polar surface area (TPSA) is 84.3 Å². The number of amides is 2. The van der Waals surface area contributed by atoms with Crippen molar-refractivity contribution in [3.8, 4) is 11.5 Å². The number of carbonyl (C=O) groups is 2. The molecule has 3 heterocycles. The van der Waals surface area contributed by atoms with Gasteiger partial charge in [0.05, 0.1) is 12.3 Å². The van der Waals surface area contributed by atoms with Crippen molar-refractivity contribution in [2.45, 2.75) is 13.0 Å². The standard InChI is InChI=1S/C20H23N3O5/c1-14(19(24)21-15-4-5-16-18(13-15)28-12-11-27-16)22-6-8-23(9-7-22)20(25)17-3-2-10-26-17/h2-5,10,13-14H,6-9,11-12H2,1H3,(H,21,24). The summed E-state index contributed by atoms with van der Waals surface area (Å²) in [6.07, 6.45) is 1.49. The predicted molar refractivity (Wildman–Crippen MR) is 102 cm³/mol. The van der Waals surface area contributed by atoms with Crippen LogP contribution in [0.3, 0.4) is 0 Å². The Hall–Kier alpha value is -3.00. The lowest BCUT2D eigenvalue weighted by atomic mass is 10.2. The van der Waals surface area contributed by atoms with Gasteiger partial charge in [-0.15, -0.1) is 0 Å². The van der Waals surface area contributed by atoms with Crippen LogP contribution in [0.5, 0.6) is 11.5 Å². The van der Waals surface area contributed by atoms with Gasteiger partial charge in [0.25, 0.3) is 5.91 Å². The van der Waals surface area contributed by atoms with Crippen LogP contribution in [0.4, 0.5) is 5.69 Å². The zero-order valence-electron chi connectivity index (χ0n) is 15.7. The second kappa shape index (κ2) is 7.93. The Bertz CT molecular complexity index is 844. The lowest BCUT2D eigenvalue weighted by Crippen LogP contribution is -2.54. The van der Waals surface area contributed by atoms with Gasteiger partial charge in [-0.2, -0.15) is 0 Å². The number of rotatable bonds is 4. The van der Waals surface area contributed by atoms with E-state index in [4.69, 9.17) is 13.9 Å². The van der Waals surface area contributed by atoms with Crippen molar-refractivity contribution in [3.05, 3.63) is 42.4 Å². The van der Waals surface area contributed by atoms with E-state index in [0.29, 0.717) is 62.3 Å². The second-order valence-electron chi connectivity index (χ2n) is 6.83. The minimum absolute atomic E-state index is 0.0949. The molecule has 28 heavy (non-hydrogen) atoms. The predicted octanol–water partition coefficient (Wildman–Crippen LogP) is 1.84. The molecule has 1 N–H and O–H groups in total. The highest BCUT2D eigenvalue weighted by Gasteiger charge is 2.29. The van der Waals surface area contributed by atoms with E-state index in [2.05, 4.69) is 10.2 Å². The lowest BCUT2D eigenvalue weighted by Gasteiger charge is -2.37. The summed E-state index contributed by atoms with van der Waals surface area (Å²) >= 11 is 0. The van der Waals surface area contributed by atoms with Gasteiger partial charge in [-0.1, -0.05) is 0 Å². The number of fused-ring (bicyclic) bond motifs is 1. The fourth-order valence-electron chi connectivity index (χ4n) is 3.40. The first kappa shape index (κ1) is 18.4. The zero-order valence-corrected chi connectivity index (χ0v) is 15.7. The molecule has 1 fully saturated rings. The summed E-state index contributed by atoms with van der Waals surface area (Å²) in [6.45, 7) is 5.27. The molecule has 0 saturated carbocycles. The molecule has 2 aliphatic heterocycles. The average molecular weight is 385 g/mol. The van der Waals surface area contributed by atoms with Crippen LogP contribution in [0.1, 0.15) is 17.5 Å². The summed E-state index contributed by atoms with van der Waals surface area (Å²) < 4.78 is 16.2. The number of hydrogen-bond donors (Lipinski definition) is 1. The maximum absolute atomic E-state index is 12.7. The van der Waals surface area contributed by atoms with Gasteiger partial charge in [-0.05, 0) is 31.2 Å². The third-order valence-electron chi connectivity index (χ3n) is 5.07. The Morgan fingerprint density at radius 1 is 1.04 bits per heavy atom. The van der Waals surface area contributed by atoms with E-state index < -0.39 is 0 Å². The van der Waals surface area contributed by atoms with Gasteiger partial charge in [0.2, 0.25) is 5.91 Å². The number of furan rings is 1. The van der Waals surface area contributed by atoms with Gasteiger partial charge < -0.3 is 24.1 Å². The average Bonchev–Trinajstić information content (AvgIpc) is 3.27. The zero-order chi connectivity index (χ0) is 19.5. The third-order valence-corrected chi connectivity index (χ3v) is 5.07. The summed E-state index contributed by atoms with van der Waals surface area (Å²) in [5.41, 5.74) is 0.674. The van der Waals surface area contributed by atoms with Crippen LogP contribution >= 0.6 is 0 Å². The lowest BCUT2D eigenvalue weighted by molar-refractivity contribution is -0.121. The van der Waals surface area contributed by atoms with Crippen LogP contribution in [-0.4, -0.2) is 67.0 Å². The molecule has 4 rings (SSSR count). The number of hydrogen-bond acceptors (Lipinski definition) is 6. The summed E-state index contributed by atoms with van der Waals surface area (Å²) in [7, 11) is 0. The van der Waals surface area contributed by atoms with Crippen LogP contribution in [-0.2, 0) is 4.79 Å². The summed E-state index contributed by atoms with van der Waals surface area (Å²) in [5.74, 6) is 1.47. The highest BCUT2D eigenvalue weighted by molar-refractivity contribution is 5.95. The minimum Gasteiger partial charge on any atom is -0.486 e. The molecule has 2 aliphatic rings. The van der Waals surface area contributed by atoms with Gasteiger partial charge >= 0.3 is 0 Å². The van der Waals surface area contributed by atoms with Crippen molar-refractivity contribution in [3.63, 3.8) is 0 Å². The first-order chi connectivity index (χ1) is 13.6. The molecule has 2 amide bonds. The number of anilines is 1. The number of nitrogens with one attached hydrogen (secondary N) is 1. The number of carbonyl (C=O) groups excluding carboxylic acids is 2. The maximum atomic E-state index is 12.7. The number of benzene rings is 1. The monoisotopic (exact) mass is 385 g/mol. The number of ether oxygens (including phenoxy) is 2. The van der Waals surface area contributed by atoms with Gasteiger partial charge in [0, 0.05) is 37.9 Å². The molecule has 0 bridgehead atoms. The highest BCUT2D eigenvalue weighted by atomic mass is 16.6. The van der Waals surface area contributed by atoms with Crippen LogP contribution in [0.15, 0.2) is 41.0 Å². The molecule has 8 nitrogen and oxygen atoms in total. The van der Waals surface area contributed by atoms with E-state index in [-0.39, 0.29) is 17.9 Å². The van der Waals surface area contributed by atoms with Crippen molar-refractivity contribution in [2.75, 3.05) is 44.7 Å². The van der Waals surface area contributed by atoms with E-state index in [1.807, 2.05) is 6.92 Å². The van der Waals surface area contributed by atoms with Gasteiger partial charge in [-0.25, -0.2) is 0 Å². The number of piperazine rings is 1. The van der Waals surface area contributed by atoms with Gasteiger partial charge in [0.15, 0.2) is 17.3 Å². The van der Waals surface area contributed by atoms with E-state index in [1.54, 1.807) is 35.2 Å². The second-order valence-corrected chi connectivity index (χ2v) is 6.83. The van der Waals surface area contributed by atoms with Crippen molar-refractivity contribution in [1.29, 1.82) is 0 Å². The molecule has 0 spiro atoms. The molecule has 1 unspecified atom stereocenters. The fraction of sp³-hybridized carbons (Fsp3) is 0.400. The van der Waals surface area contributed by atoms with Gasteiger partial charge in [-0.3, -0.25) is 14.5 Å². The quantitative estimate of drug-likeness (QED) is 0.865. The molecule has 0 radical (unpaired) electrons. The largest absolute Gasteiger partial charge is 0.486 e. The van der Waals surface area contributed by atoms with Crippen molar-refractivity contribution in [1.82, 2.24) is 9.80 Å². The normalized spacial score (nSPS) is 17.8. The van der Waals surface area contributed by atoms with Crippen molar-refractivity contribution >= 4 is 17.5 Å². The smallest absolute Gasteiger partial charge is 0.289 e. The Labute approximate surface area is 163 Å². The molecular weight excluding hydrogens is 362 g/mol. The van der Waals surface area contributed by atoms with E-state index >= 15 is 0 Å². The molecule has 148 valence electrons. The van der Waals surface area contributed by atoms with Crippen molar-refractivity contribution in [2.24, 2.45) is 0 Å². The van der Waals surface area contributed by atoms with Crippen LogP contribution in [0, 0.1) is 0 Å². The summed E-state index contributed by atoms with van der Waals surface area (Å²) in [6, 6.07) is 8.44. The third kappa shape index (κ3) is 3.82. The SMILES string of the molecule is CC(C(=O)Nc1ccc2c(c1)OCCO2)N1CCN(C(=O)c2ccco2)CC1. The van der Waals surface area contributed by atoms with E-state index in [0.717, 1.165) is 0 Å². The highest BCUT2D eigenvalue weighted by Crippen LogP contribution is 2.32. The Balaban J connectivity index is 1.32. The Morgan fingerprint density at radius 2 is 1.79 bits per heavy atom. The first-order valence-corrected chi connectivity index (χ1v) is 9.39. The van der Waals surface area contributed by atoms with E-state index in [1.165, 1.54) is 6.26 Å². The first-order valence-electron chi connectivity index (χ1n) is 9.39. The summed E-state index contributed by atoms with van der Waals surface area (Å²) in [4.78, 5) is 28.8. The molecule has 1 aromatic carbocycles. The van der Waals surface area contributed by atoms with Crippen molar-refractivity contribution < 1.29 is 23.5 Å². The maximum Gasteiger partial charge on any atom is 0.289 e. The minimum atomic E-state index is -0.311. The molecule has 8 heteroatoms. The summed E-state index contributed by atoms with van der Waals surface area (Å²) in [5, 5.41) is 2.93. The molecule has 1 atom stereocenters. The van der Waals surface area contributed by atoms with Gasteiger partial charge in [0.1, 0.15) is 13.2 Å².